The first-order valence-electron chi connectivity index (χ1n) is 5.98. The van der Waals surface area contributed by atoms with Gasteiger partial charge in [0, 0.05) is 10.5 Å². The van der Waals surface area contributed by atoms with Crippen molar-refractivity contribution in [1.82, 2.24) is 5.32 Å². The Morgan fingerprint density at radius 1 is 1.25 bits per heavy atom. The average molecular weight is 284 g/mol. The van der Waals surface area contributed by atoms with Gasteiger partial charge in [0.2, 0.25) is 0 Å². The molecule has 1 rings (SSSR count). The van der Waals surface area contributed by atoms with Crippen molar-refractivity contribution in [3.8, 4) is 0 Å². The Bertz CT molecular complexity index is 334. The third-order valence-electron chi connectivity index (χ3n) is 2.97. The monoisotopic (exact) mass is 283 g/mol. The van der Waals surface area contributed by atoms with Gasteiger partial charge >= 0.3 is 0 Å². The highest BCUT2D eigenvalue weighted by Crippen LogP contribution is 2.24. The van der Waals surface area contributed by atoms with Gasteiger partial charge in [-0.3, -0.25) is 0 Å². The summed E-state index contributed by atoms with van der Waals surface area (Å²) in [5, 5.41) is 3.41. The van der Waals surface area contributed by atoms with Crippen LogP contribution in [0.2, 0.25) is 0 Å². The van der Waals surface area contributed by atoms with Crippen molar-refractivity contribution in [2.45, 2.75) is 39.7 Å². The fourth-order valence-corrected chi connectivity index (χ4v) is 2.11. The molecule has 0 spiro atoms. The lowest BCUT2D eigenvalue weighted by atomic mass is 9.97. The molecule has 1 unspecified atom stereocenters. The van der Waals surface area contributed by atoms with Crippen molar-refractivity contribution in [2.24, 2.45) is 5.92 Å². The minimum Gasteiger partial charge on any atom is -0.313 e. The predicted octanol–water partition coefficient (Wildman–Crippen LogP) is 4.45. The normalized spacial score (nSPS) is 13.1. The molecule has 0 aliphatic heterocycles. The van der Waals surface area contributed by atoms with Gasteiger partial charge in [0.15, 0.2) is 0 Å². The summed E-state index contributed by atoms with van der Waals surface area (Å²) in [6, 6.07) is 7.10. The van der Waals surface area contributed by atoms with Gasteiger partial charge in [-0.1, -0.05) is 41.9 Å². The summed E-state index contributed by atoms with van der Waals surface area (Å²) in [5.74, 6) is 0.771. The summed E-state index contributed by atoms with van der Waals surface area (Å²) in [5.41, 5.74) is 2.70. The maximum Gasteiger partial charge on any atom is 0.0317 e. The SMILES string of the molecule is CNC(CCC(C)C)c1ccc(Br)c(C)c1. The zero-order chi connectivity index (χ0) is 12.1. The van der Waals surface area contributed by atoms with E-state index in [9.17, 15) is 0 Å². The predicted molar refractivity (Wildman–Crippen MR) is 74.8 cm³/mol. The molecule has 0 bridgehead atoms. The molecular weight excluding hydrogens is 262 g/mol. The van der Waals surface area contributed by atoms with Crippen LogP contribution in [0.3, 0.4) is 0 Å². The van der Waals surface area contributed by atoms with Gasteiger partial charge in [0.25, 0.3) is 0 Å². The molecule has 1 aromatic rings. The van der Waals surface area contributed by atoms with Crippen LogP contribution in [-0.2, 0) is 0 Å². The molecule has 90 valence electrons. The zero-order valence-corrected chi connectivity index (χ0v) is 12.3. The van der Waals surface area contributed by atoms with Crippen LogP contribution < -0.4 is 5.32 Å². The van der Waals surface area contributed by atoms with Crippen LogP contribution in [0.1, 0.15) is 43.9 Å². The van der Waals surface area contributed by atoms with Crippen molar-refractivity contribution >= 4 is 15.9 Å². The Hall–Kier alpha value is -0.340. The van der Waals surface area contributed by atoms with Crippen molar-refractivity contribution in [2.75, 3.05) is 7.05 Å². The van der Waals surface area contributed by atoms with E-state index in [1.807, 2.05) is 7.05 Å². The maximum absolute atomic E-state index is 3.54. The van der Waals surface area contributed by atoms with Crippen LogP contribution in [0, 0.1) is 12.8 Å². The minimum absolute atomic E-state index is 0.481. The molecule has 1 aromatic carbocycles. The summed E-state index contributed by atoms with van der Waals surface area (Å²) < 4.78 is 1.19. The number of aryl methyl sites for hydroxylation is 1. The Labute approximate surface area is 108 Å². The Morgan fingerprint density at radius 2 is 1.94 bits per heavy atom. The Kier molecular flexibility index (Phi) is 5.50. The first-order valence-corrected chi connectivity index (χ1v) is 6.77. The van der Waals surface area contributed by atoms with Crippen LogP contribution in [0.25, 0.3) is 0 Å². The van der Waals surface area contributed by atoms with Gasteiger partial charge in [0.1, 0.15) is 0 Å². The van der Waals surface area contributed by atoms with Crippen LogP contribution in [0.4, 0.5) is 0 Å². The van der Waals surface area contributed by atoms with E-state index < -0.39 is 0 Å². The molecule has 0 aliphatic carbocycles. The summed E-state index contributed by atoms with van der Waals surface area (Å²) in [4.78, 5) is 0. The zero-order valence-electron chi connectivity index (χ0n) is 10.7. The van der Waals surface area contributed by atoms with Crippen LogP contribution in [0.15, 0.2) is 22.7 Å². The quantitative estimate of drug-likeness (QED) is 0.842. The van der Waals surface area contributed by atoms with Gasteiger partial charge in [-0.05, 0) is 49.9 Å². The minimum atomic E-state index is 0.481. The van der Waals surface area contributed by atoms with Gasteiger partial charge in [0.05, 0.1) is 0 Å². The Morgan fingerprint density at radius 3 is 2.44 bits per heavy atom. The van der Waals surface area contributed by atoms with Gasteiger partial charge in [-0.25, -0.2) is 0 Å². The van der Waals surface area contributed by atoms with Gasteiger partial charge < -0.3 is 5.32 Å². The van der Waals surface area contributed by atoms with E-state index in [2.05, 4.69) is 60.2 Å². The van der Waals surface area contributed by atoms with Crippen LogP contribution >= 0.6 is 15.9 Å². The van der Waals surface area contributed by atoms with E-state index in [1.54, 1.807) is 0 Å². The second kappa shape index (κ2) is 6.41. The molecule has 0 radical (unpaired) electrons. The molecule has 16 heavy (non-hydrogen) atoms. The molecule has 0 saturated heterocycles. The van der Waals surface area contributed by atoms with Crippen molar-refractivity contribution in [3.63, 3.8) is 0 Å². The van der Waals surface area contributed by atoms with Gasteiger partial charge in [-0.15, -0.1) is 0 Å². The molecule has 0 aliphatic rings. The molecule has 0 amide bonds. The smallest absolute Gasteiger partial charge is 0.0317 e. The highest BCUT2D eigenvalue weighted by Gasteiger charge is 2.10. The molecule has 1 atom stereocenters. The summed E-state index contributed by atoms with van der Waals surface area (Å²) in [6.45, 7) is 6.70. The summed E-state index contributed by atoms with van der Waals surface area (Å²) in [7, 11) is 2.04. The highest BCUT2D eigenvalue weighted by atomic mass is 79.9. The fraction of sp³-hybridized carbons (Fsp3) is 0.571. The third kappa shape index (κ3) is 3.91. The summed E-state index contributed by atoms with van der Waals surface area (Å²) in [6.07, 6.45) is 2.47. The first kappa shape index (κ1) is 13.7. The molecule has 1 N–H and O–H groups in total. The van der Waals surface area contributed by atoms with Gasteiger partial charge in [-0.2, -0.15) is 0 Å². The summed E-state index contributed by atoms with van der Waals surface area (Å²) >= 11 is 3.54. The molecular formula is C14H22BrN. The maximum atomic E-state index is 3.54. The molecule has 2 heteroatoms. The molecule has 0 aromatic heterocycles. The van der Waals surface area contributed by atoms with E-state index in [0.717, 1.165) is 5.92 Å². The number of rotatable bonds is 5. The standard InChI is InChI=1S/C14H22BrN/c1-10(2)5-8-14(16-4)12-6-7-13(15)11(3)9-12/h6-7,9-10,14,16H,5,8H2,1-4H3. The van der Waals surface area contributed by atoms with E-state index >= 15 is 0 Å². The molecule has 1 nitrogen and oxygen atoms in total. The van der Waals surface area contributed by atoms with Crippen molar-refractivity contribution in [3.05, 3.63) is 33.8 Å². The van der Waals surface area contributed by atoms with E-state index in [-0.39, 0.29) is 0 Å². The second-order valence-corrected chi connectivity index (χ2v) is 5.68. The van der Waals surface area contributed by atoms with Crippen molar-refractivity contribution in [1.29, 1.82) is 0 Å². The first-order chi connectivity index (χ1) is 7.54. The molecule has 0 fully saturated rings. The number of halogens is 1. The number of hydrogen-bond donors (Lipinski definition) is 1. The topological polar surface area (TPSA) is 12.0 Å². The van der Waals surface area contributed by atoms with Crippen molar-refractivity contribution < 1.29 is 0 Å². The highest BCUT2D eigenvalue weighted by molar-refractivity contribution is 9.10. The lowest BCUT2D eigenvalue weighted by Crippen LogP contribution is -2.17. The van der Waals surface area contributed by atoms with E-state index in [0.29, 0.717) is 6.04 Å². The lowest BCUT2D eigenvalue weighted by Gasteiger charge is -2.18. The largest absolute Gasteiger partial charge is 0.313 e. The molecule has 0 heterocycles. The molecule has 0 saturated carbocycles. The van der Waals surface area contributed by atoms with Crippen LogP contribution in [0.5, 0.6) is 0 Å². The third-order valence-corrected chi connectivity index (χ3v) is 3.86. The number of benzene rings is 1. The Balaban J connectivity index is 2.74. The van der Waals surface area contributed by atoms with Crippen LogP contribution in [-0.4, -0.2) is 7.05 Å². The lowest BCUT2D eigenvalue weighted by molar-refractivity contribution is 0.465. The second-order valence-electron chi connectivity index (χ2n) is 4.82. The number of hydrogen-bond acceptors (Lipinski definition) is 1. The fourth-order valence-electron chi connectivity index (χ4n) is 1.86. The number of nitrogens with one attached hydrogen (secondary N) is 1. The van der Waals surface area contributed by atoms with E-state index in [4.69, 9.17) is 0 Å². The average Bonchev–Trinajstić information content (AvgIpc) is 2.23. The van der Waals surface area contributed by atoms with E-state index in [1.165, 1.54) is 28.4 Å².